The van der Waals surface area contributed by atoms with Crippen molar-refractivity contribution < 1.29 is 31.1 Å². The maximum Gasteiger partial charge on any atom is 0.394 e. The predicted octanol–water partition coefficient (Wildman–Crippen LogP) is 8.97. The number of alkyl halides is 3. The van der Waals surface area contributed by atoms with E-state index < -0.39 is 30.4 Å². The van der Waals surface area contributed by atoms with Crippen molar-refractivity contribution in [3.8, 4) is 11.1 Å². The van der Waals surface area contributed by atoms with Gasteiger partial charge < -0.3 is 4.74 Å². The molecule has 3 rings (SSSR count). The molecule has 0 fully saturated rings. The molecule has 1 nitrogen and oxygen atoms in total. The van der Waals surface area contributed by atoms with Crippen molar-refractivity contribution in [3.63, 3.8) is 0 Å². The number of rotatable bonds is 10. The zero-order chi connectivity index (χ0) is 26.3. The van der Waals surface area contributed by atoms with E-state index in [1.54, 1.807) is 6.07 Å². The van der Waals surface area contributed by atoms with E-state index in [0.717, 1.165) is 24.8 Å². The highest BCUT2D eigenvalue weighted by atomic mass is 19.4. The fraction of sp³-hybridized carbons (Fsp3) is 0.310. The Bertz CT molecular complexity index is 1160. The molecule has 0 spiro atoms. The van der Waals surface area contributed by atoms with Crippen molar-refractivity contribution in [2.75, 3.05) is 13.7 Å². The van der Waals surface area contributed by atoms with Crippen molar-refractivity contribution in [3.05, 3.63) is 94.8 Å². The third-order valence-electron chi connectivity index (χ3n) is 6.01. The fourth-order valence-electron chi connectivity index (χ4n) is 3.92. The van der Waals surface area contributed by atoms with E-state index in [1.807, 2.05) is 6.07 Å². The van der Waals surface area contributed by atoms with Crippen LogP contribution in [0.5, 0.6) is 0 Å². The van der Waals surface area contributed by atoms with Gasteiger partial charge in [-0.3, -0.25) is 0 Å². The molecule has 1 unspecified atom stereocenters. The van der Waals surface area contributed by atoms with Crippen LogP contribution in [0.15, 0.2) is 66.7 Å². The number of hydrogen-bond donors (Lipinski definition) is 0. The average Bonchev–Trinajstić information content (AvgIpc) is 2.86. The molecule has 3 aromatic rings. The zero-order valence-corrected chi connectivity index (χ0v) is 20.1. The van der Waals surface area contributed by atoms with Crippen molar-refractivity contribution in [1.29, 1.82) is 0 Å². The van der Waals surface area contributed by atoms with Crippen molar-refractivity contribution in [2.45, 2.75) is 38.8 Å². The lowest BCUT2D eigenvalue weighted by molar-refractivity contribution is -0.185. The fourth-order valence-corrected chi connectivity index (χ4v) is 3.92. The molecule has 0 amide bonds. The van der Waals surface area contributed by atoms with Gasteiger partial charge in [0.05, 0.1) is 12.5 Å². The SMILES string of the molecule is CCCCc1ccc(-c2ccc(/C(F)=C(/F)c3ccc(CC(COC)C(F)(F)F)cc3)cc2)c(F)c1. The number of methoxy groups -OCH3 is 1. The lowest BCUT2D eigenvalue weighted by Crippen LogP contribution is -2.29. The molecule has 0 N–H and O–H groups in total. The van der Waals surface area contributed by atoms with E-state index >= 15 is 0 Å². The highest BCUT2D eigenvalue weighted by molar-refractivity contribution is 5.83. The second-order valence-corrected chi connectivity index (χ2v) is 8.72. The number of hydrogen-bond acceptors (Lipinski definition) is 1. The smallest absolute Gasteiger partial charge is 0.384 e. The molecule has 0 aliphatic carbocycles. The highest BCUT2D eigenvalue weighted by Crippen LogP contribution is 2.33. The first kappa shape index (κ1) is 27.5. The number of unbranched alkanes of at least 4 members (excludes halogenated alkanes) is 1. The molecular formula is C29H28F6O. The second-order valence-electron chi connectivity index (χ2n) is 8.72. The van der Waals surface area contributed by atoms with Crippen LogP contribution in [0.2, 0.25) is 0 Å². The maximum atomic E-state index is 14.8. The van der Waals surface area contributed by atoms with Crippen LogP contribution in [-0.4, -0.2) is 19.9 Å². The Morgan fingerprint density at radius 3 is 1.89 bits per heavy atom. The zero-order valence-electron chi connectivity index (χ0n) is 20.1. The topological polar surface area (TPSA) is 9.23 Å². The molecule has 0 aromatic heterocycles. The Hall–Kier alpha value is -3.06. The first-order valence-corrected chi connectivity index (χ1v) is 11.7. The van der Waals surface area contributed by atoms with Crippen LogP contribution < -0.4 is 0 Å². The Morgan fingerprint density at radius 1 is 0.833 bits per heavy atom. The number of ether oxygens (including phenoxy) is 1. The average molecular weight is 507 g/mol. The predicted molar refractivity (Wildman–Crippen MR) is 131 cm³/mol. The lowest BCUT2D eigenvalue weighted by Gasteiger charge is -2.19. The largest absolute Gasteiger partial charge is 0.394 e. The van der Waals surface area contributed by atoms with Crippen LogP contribution in [0.25, 0.3) is 22.8 Å². The van der Waals surface area contributed by atoms with Crippen LogP contribution >= 0.6 is 0 Å². The summed E-state index contributed by atoms with van der Waals surface area (Å²) in [6.45, 7) is 1.58. The van der Waals surface area contributed by atoms with E-state index in [4.69, 9.17) is 0 Å². The van der Waals surface area contributed by atoms with Crippen LogP contribution in [0, 0.1) is 11.7 Å². The standard InChI is InChI=1S/C29H28F6O/c1-3-4-5-19-8-15-25(26(30)17-19)21-11-13-23(14-12-21)28(32)27(31)22-9-6-20(7-10-22)16-24(18-36-2)29(33,34)35/h6-15,17,24H,3-5,16,18H2,1-2H3/b28-27-. The molecule has 3 aromatic carbocycles. The summed E-state index contributed by atoms with van der Waals surface area (Å²) in [7, 11) is 1.19. The maximum absolute atomic E-state index is 14.8. The van der Waals surface area contributed by atoms with E-state index in [-0.39, 0.29) is 23.4 Å². The van der Waals surface area contributed by atoms with Crippen LogP contribution in [0.3, 0.4) is 0 Å². The summed E-state index contributed by atoms with van der Waals surface area (Å²) in [6.07, 6.45) is -1.99. The van der Waals surface area contributed by atoms with E-state index in [2.05, 4.69) is 11.7 Å². The van der Waals surface area contributed by atoms with Crippen molar-refractivity contribution in [2.24, 2.45) is 5.92 Å². The molecule has 1 atom stereocenters. The normalized spacial score (nSPS) is 13.4. The highest BCUT2D eigenvalue weighted by Gasteiger charge is 2.39. The van der Waals surface area contributed by atoms with Gasteiger partial charge in [0, 0.05) is 23.8 Å². The van der Waals surface area contributed by atoms with Crippen LogP contribution in [0.1, 0.15) is 42.0 Å². The monoisotopic (exact) mass is 506 g/mol. The number of aryl methyl sites for hydroxylation is 1. The molecule has 0 saturated heterocycles. The van der Waals surface area contributed by atoms with E-state index in [1.165, 1.54) is 61.7 Å². The molecule has 0 radical (unpaired) electrons. The van der Waals surface area contributed by atoms with Gasteiger partial charge in [0.25, 0.3) is 0 Å². The Kier molecular flexibility index (Phi) is 9.37. The minimum atomic E-state index is -4.43. The third kappa shape index (κ3) is 7.00. The first-order valence-electron chi connectivity index (χ1n) is 11.7. The van der Waals surface area contributed by atoms with E-state index in [9.17, 15) is 26.3 Å². The summed E-state index contributed by atoms with van der Waals surface area (Å²) in [5.41, 5.74) is 2.02. The van der Waals surface area contributed by atoms with Gasteiger partial charge in [0.1, 0.15) is 5.82 Å². The van der Waals surface area contributed by atoms with Crippen molar-refractivity contribution >= 4 is 11.7 Å². The lowest BCUT2D eigenvalue weighted by atomic mass is 9.97. The van der Waals surface area contributed by atoms with Gasteiger partial charge >= 0.3 is 6.18 Å². The molecule has 0 aliphatic heterocycles. The van der Waals surface area contributed by atoms with Crippen LogP contribution in [0.4, 0.5) is 26.3 Å². The summed E-state index contributed by atoms with van der Waals surface area (Å²) in [5, 5.41) is 0. The molecular weight excluding hydrogens is 478 g/mol. The Labute approximate surface area is 207 Å². The van der Waals surface area contributed by atoms with Crippen LogP contribution in [-0.2, 0) is 17.6 Å². The Morgan fingerprint density at radius 2 is 1.39 bits per heavy atom. The molecule has 7 heteroatoms. The molecule has 36 heavy (non-hydrogen) atoms. The summed E-state index contributed by atoms with van der Waals surface area (Å²) in [6, 6.07) is 16.0. The van der Waals surface area contributed by atoms with Gasteiger partial charge in [-0.05, 0) is 42.0 Å². The molecule has 0 bridgehead atoms. The summed E-state index contributed by atoms with van der Waals surface area (Å²) in [5.74, 6) is -4.32. The molecule has 192 valence electrons. The molecule has 0 heterocycles. The van der Waals surface area contributed by atoms with Gasteiger partial charge in [-0.1, -0.05) is 74.0 Å². The summed E-state index contributed by atoms with van der Waals surface area (Å²) in [4.78, 5) is 0. The van der Waals surface area contributed by atoms with Gasteiger partial charge in [-0.2, -0.15) is 13.2 Å². The minimum absolute atomic E-state index is 0.0301. The molecule has 0 saturated carbocycles. The number of halogens is 6. The second kappa shape index (κ2) is 12.3. The van der Waals surface area contributed by atoms with Crippen molar-refractivity contribution in [1.82, 2.24) is 0 Å². The van der Waals surface area contributed by atoms with Gasteiger partial charge in [-0.25, -0.2) is 13.2 Å². The third-order valence-corrected chi connectivity index (χ3v) is 6.01. The van der Waals surface area contributed by atoms with Gasteiger partial charge in [0.2, 0.25) is 0 Å². The summed E-state index contributed by atoms with van der Waals surface area (Å²) < 4.78 is 88.1. The first-order chi connectivity index (χ1) is 17.1. The van der Waals surface area contributed by atoms with Gasteiger partial charge in [-0.15, -0.1) is 0 Å². The Balaban J connectivity index is 1.76. The quantitative estimate of drug-likeness (QED) is 0.197. The number of benzene rings is 3. The molecule has 0 aliphatic rings. The summed E-state index contributed by atoms with van der Waals surface area (Å²) >= 11 is 0. The minimum Gasteiger partial charge on any atom is -0.384 e. The van der Waals surface area contributed by atoms with E-state index in [0.29, 0.717) is 16.7 Å². The van der Waals surface area contributed by atoms with Gasteiger partial charge in [0.15, 0.2) is 11.7 Å².